The topological polar surface area (TPSA) is 27.1 Å². The molecule has 0 N–H and O–H groups in total. The molecule has 0 bridgehead atoms. The van der Waals surface area contributed by atoms with Gasteiger partial charge in [0, 0.05) is 5.02 Å². The van der Waals surface area contributed by atoms with Gasteiger partial charge in [-0.15, -0.1) is 11.3 Å². The van der Waals surface area contributed by atoms with E-state index < -0.39 is 0 Å². The lowest BCUT2D eigenvalue weighted by atomic mass is 10.3. The Morgan fingerprint density at radius 2 is 1.83 bits per heavy atom. The molecule has 0 spiro atoms. The Labute approximate surface area is 149 Å². The van der Waals surface area contributed by atoms with Gasteiger partial charge in [0.05, 0.1) is 22.5 Å². The molecule has 0 amide bonds. The van der Waals surface area contributed by atoms with Crippen LogP contribution in [0.2, 0.25) is 5.02 Å². The van der Waals surface area contributed by atoms with Gasteiger partial charge in [-0.2, -0.15) is 0 Å². The Kier molecular flexibility index (Phi) is 4.24. The Balaban J connectivity index is 1.60. The standard InChI is InChI=1S/C19H15ClN2OS/c20-14-7-9-15(10-8-14)23-12-11-22-17-5-2-1-4-16(17)21-19(22)18-6-3-13-24-18/h1-10,13H,11-12H2. The molecule has 4 rings (SSSR count). The summed E-state index contributed by atoms with van der Waals surface area (Å²) in [6.45, 7) is 1.30. The van der Waals surface area contributed by atoms with E-state index in [1.165, 1.54) is 0 Å². The number of halogens is 1. The number of aromatic nitrogens is 2. The van der Waals surface area contributed by atoms with Crippen molar-refractivity contribution in [2.45, 2.75) is 6.54 Å². The minimum atomic E-state index is 0.570. The van der Waals surface area contributed by atoms with Gasteiger partial charge in [-0.05, 0) is 47.8 Å². The maximum atomic E-state index is 5.90. The maximum absolute atomic E-state index is 5.90. The first-order chi connectivity index (χ1) is 11.8. The predicted octanol–water partition coefficient (Wildman–Crippen LogP) is 5.50. The Hall–Kier alpha value is -2.30. The summed E-state index contributed by atoms with van der Waals surface area (Å²) < 4.78 is 8.07. The van der Waals surface area contributed by atoms with Crippen LogP contribution >= 0.6 is 22.9 Å². The fourth-order valence-corrected chi connectivity index (χ4v) is 3.53. The molecule has 0 unspecified atom stereocenters. The third-order valence-electron chi connectivity index (χ3n) is 3.79. The first kappa shape index (κ1) is 15.2. The number of hydrogen-bond acceptors (Lipinski definition) is 3. The minimum Gasteiger partial charge on any atom is -0.492 e. The second kappa shape index (κ2) is 6.67. The van der Waals surface area contributed by atoms with Crippen molar-refractivity contribution in [3.05, 3.63) is 71.1 Å². The molecule has 0 aliphatic rings. The van der Waals surface area contributed by atoms with E-state index in [1.807, 2.05) is 48.5 Å². The second-order valence-electron chi connectivity index (χ2n) is 5.36. The molecule has 0 atom stereocenters. The molecule has 2 aromatic heterocycles. The molecule has 2 heterocycles. The predicted molar refractivity (Wildman–Crippen MR) is 100.0 cm³/mol. The Morgan fingerprint density at radius 1 is 1.00 bits per heavy atom. The highest BCUT2D eigenvalue weighted by atomic mass is 35.5. The van der Waals surface area contributed by atoms with Gasteiger partial charge in [0.1, 0.15) is 12.4 Å². The van der Waals surface area contributed by atoms with Gasteiger partial charge in [-0.1, -0.05) is 29.8 Å². The largest absolute Gasteiger partial charge is 0.492 e. The van der Waals surface area contributed by atoms with Crippen LogP contribution in [0.4, 0.5) is 0 Å². The summed E-state index contributed by atoms with van der Waals surface area (Å²) in [5.74, 6) is 1.81. The first-order valence-corrected chi connectivity index (χ1v) is 8.94. The van der Waals surface area contributed by atoms with Crippen LogP contribution in [0.5, 0.6) is 5.75 Å². The molecule has 0 aliphatic carbocycles. The molecule has 0 aliphatic heterocycles. The van der Waals surface area contributed by atoms with Gasteiger partial charge < -0.3 is 9.30 Å². The lowest BCUT2D eigenvalue weighted by molar-refractivity contribution is 0.301. The van der Waals surface area contributed by atoms with Gasteiger partial charge in [-0.3, -0.25) is 0 Å². The summed E-state index contributed by atoms with van der Waals surface area (Å²) >= 11 is 7.60. The lowest BCUT2D eigenvalue weighted by Crippen LogP contribution is -2.09. The summed E-state index contributed by atoms with van der Waals surface area (Å²) in [7, 11) is 0. The molecule has 5 heteroatoms. The quantitative estimate of drug-likeness (QED) is 0.473. The van der Waals surface area contributed by atoms with Gasteiger partial charge in [-0.25, -0.2) is 4.98 Å². The molecule has 0 fully saturated rings. The van der Waals surface area contributed by atoms with E-state index in [-0.39, 0.29) is 0 Å². The van der Waals surface area contributed by atoms with Crippen LogP contribution in [-0.4, -0.2) is 16.2 Å². The summed E-state index contributed by atoms with van der Waals surface area (Å²) in [6.07, 6.45) is 0. The number of imidazole rings is 1. The molecule has 24 heavy (non-hydrogen) atoms. The summed E-state index contributed by atoms with van der Waals surface area (Å²) in [4.78, 5) is 5.96. The van der Waals surface area contributed by atoms with E-state index in [9.17, 15) is 0 Å². The van der Waals surface area contributed by atoms with E-state index in [0.717, 1.165) is 34.0 Å². The number of ether oxygens (including phenoxy) is 1. The Morgan fingerprint density at radius 3 is 2.62 bits per heavy atom. The van der Waals surface area contributed by atoms with Crippen molar-refractivity contribution in [2.24, 2.45) is 0 Å². The minimum absolute atomic E-state index is 0.570. The molecule has 0 saturated carbocycles. The number of thiophene rings is 1. The highest BCUT2D eigenvalue weighted by Crippen LogP contribution is 2.28. The summed E-state index contributed by atoms with van der Waals surface area (Å²) in [6, 6.07) is 19.8. The molecular formula is C19H15ClN2OS. The van der Waals surface area contributed by atoms with E-state index in [4.69, 9.17) is 21.3 Å². The van der Waals surface area contributed by atoms with Crippen LogP contribution in [0, 0.1) is 0 Å². The van der Waals surface area contributed by atoms with Gasteiger partial charge in [0.25, 0.3) is 0 Å². The molecule has 0 saturated heterocycles. The SMILES string of the molecule is Clc1ccc(OCCn2c(-c3cccs3)nc3ccccc32)cc1. The molecular weight excluding hydrogens is 340 g/mol. The van der Waals surface area contributed by atoms with Gasteiger partial charge in [0.15, 0.2) is 5.82 Å². The fourth-order valence-electron chi connectivity index (χ4n) is 2.68. The van der Waals surface area contributed by atoms with Crippen molar-refractivity contribution in [3.8, 4) is 16.5 Å². The van der Waals surface area contributed by atoms with E-state index in [1.54, 1.807) is 11.3 Å². The number of benzene rings is 2. The fraction of sp³-hybridized carbons (Fsp3) is 0.105. The second-order valence-corrected chi connectivity index (χ2v) is 6.74. The molecule has 0 radical (unpaired) electrons. The highest BCUT2D eigenvalue weighted by Gasteiger charge is 2.13. The molecule has 4 aromatic rings. The van der Waals surface area contributed by atoms with Crippen molar-refractivity contribution in [3.63, 3.8) is 0 Å². The van der Waals surface area contributed by atoms with Crippen LogP contribution in [0.3, 0.4) is 0 Å². The lowest BCUT2D eigenvalue weighted by Gasteiger charge is -2.10. The van der Waals surface area contributed by atoms with Crippen molar-refractivity contribution < 1.29 is 4.74 Å². The number of hydrogen-bond donors (Lipinski definition) is 0. The van der Waals surface area contributed by atoms with Crippen LogP contribution in [0.25, 0.3) is 21.7 Å². The summed E-state index contributed by atoms with van der Waals surface area (Å²) in [5, 5.41) is 2.78. The third kappa shape index (κ3) is 3.03. The van der Waals surface area contributed by atoms with Crippen LogP contribution < -0.4 is 4.74 Å². The zero-order valence-electron chi connectivity index (χ0n) is 12.9. The zero-order valence-corrected chi connectivity index (χ0v) is 14.4. The van der Waals surface area contributed by atoms with Crippen molar-refractivity contribution in [2.75, 3.05) is 6.61 Å². The van der Waals surface area contributed by atoms with Crippen LogP contribution in [-0.2, 0) is 6.54 Å². The molecule has 2 aromatic carbocycles. The number of rotatable bonds is 5. The average molecular weight is 355 g/mol. The monoisotopic (exact) mass is 354 g/mol. The molecule has 3 nitrogen and oxygen atoms in total. The Bertz CT molecular complexity index is 945. The smallest absolute Gasteiger partial charge is 0.151 e. The van der Waals surface area contributed by atoms with Gasteiger partial charge in [0.2, 0.25) is 0 Å². The maximum Gasteiger partial charge on any atom is 0.151 e. The zero-order chi connectivity index (χ0) is 16.4. The number of para-hydroxylation sites is 2. The first-order valence-electron chi connectivity index (χ1n) is 7.69. The van der Waals surface area contributed by atoms with E-state index in [2.05, 4.69) is 22.1 Å². The van der Waals surface area contributed by atoms with Crippen LogP contribution in [0.1, 0.15) is 0 Å². The highest BCUT2D eigenvalue weighted by molar-refractivity contribution is 7.13. The van der Waals surface area contributed by atoms with E-state index >= 15 is 0 Å². The van der Waals surface area contributed by atoms with Crippen LogP contribution in [0.15, 0.2) is 66.0 Å². The van der Waals surface area contributed by atoms with E-state index in [0.29, 0.717) is 11.6 Å². The van der Waals surface area contributed by atoms with Crippen molar-refractivity contribution in [1.29, 1.82) is 0 Å². The summed E-state index contributed by atoms with van der Waals surface area (Å²) in [5.41, 5.74) is 2.13. The number of nitrogens with zero attached hydrogens (tertiary/aromatic N) is 2. The van der Waals surface area contributed by atoms with Crippen molar-refractivity contribution in [1.82, 2.24) is 9.55 Å². The van der Waals surface area contributed by atoms with Gasteiger partial charge >= 0.3 is 0 Å². The number of fused-ring (bicyclic) bond motifs is 1. The van der Waals surface area contributed by atoms with Crippen molar-refractivity contribution >= 4 is 34.0 Å². The normalized spacial score (nSPS) is 11.0. The third-order valence-corrected chi connectivity index (χ3v) is 4.91. The average Bonchev–Trinajstić information content (AvgIpc) is 3.24. The molecule has 120 valence electrons.